The number of thiazole rings is 1. The third-order valence-electron chi connectivity index (χ3n) is 2.90. The van der Waals surface area contributed by atoms with E-state index in [4.69, 9.17) is 11.6 Å². The number of alkyl halides is 1. The summed E-state index contributed by atoms with van der Waals surface area (Å²) in [6.07, 6.45) is 0.286. The Hall–Kier alpha value is -1.39. The standard InChI is InChI=1S/C15H17ClN2OS/c1-10(2)12-5-3-4-6-13(12)18-14(19)7-15-17-11(8-16)9-20-15/h3-6,9-10H,7-8H2,1-2H3,(H,18,19). The van der Waals surface area contributed by atoms with E-state index in [1.165, 1.54) is 11.3 Å². The molecule has 0 bridgehead atoms. The second-order valence-electron chi connectivity index (χ2n) is 4.83. The third-order valence-corrected chi connectivity index (χ3v) is 4.08. The summed E-state index contributed by atoms with van der Waals surface area (Å²) >= 11 is 7.17. The van der Waals surface area contributed by atoms with Crippen LogP contribution in [0.2, 0.25) is 0 Å². The van der Waals surface area contributed by atoms with Crippen molar-refractivity contribution in [3.8, 4) is 0 Å². The summed E-state index contributed by atoms with van der Waals surface area (Å²) in [5.41, 5.74) is 2.84. The highest BCUT2D eigenvalue weighted by Crippen LogP contribution is 2.24. The number of carbonyl (C=O) groups is 1. The van der Waals surface area contributed by atoms with E-state index in [2.05, 4.69) is 24.1 Å². The molecule has 2 aromatic rings. The van der Waals surface area contributed by atoms with E-state index >= 15 is 0 Å². The van der Waals surface area contributed by atoms with E-state index in [1.807, 2.05) is 29.6 Å². The highest BCUT2D eigenvalue weighted by atomic mass is 35.5. The van der Waals surface area contributed by atoms with Gasteiger partial charge in [0.1, 0.15) is 5.01 Å². The zero-order valence-corrected chi connectivity index (χ0v) is 13.1. The predicted molar refractivity (Wildman–Crippen MR) is 84.5 cm³/mol. The topological polar surface area (TPSA) is 42.0 Å². The number of para-hydroxylation sites is 1. The summed E-state index contributed by atoms with van der Waals surface area (Å²) < 4.78 is 0. The van der Waals surface area contributed by atoms with Crippen molar-refractivity contribution in [2.75, 3.05) is 5.32 Å². The van der Waals surface area contributed by atoms with Crippen LogP contribution in [0.1, 0.15) is 36.0 Å². The van der Waals surface area contributed by atoms with Crippen LogP contribution < -0.4 is 5.32 Å². The molecule has 1 aromatic carbocycles. The molecule has 0 aliphatic rings. The first-order valence-electron chi connectivity index (χ1n) is 6.48. The van der Waals surface area contributed by atoms with E-state index < -0.39 is 0 Å². The smallest absolute Gasteiger partial charge is 0.231 e. The van der Waals surface area contributed by atoms with Gasteiger partial charge in [-0.3, -0.25) is 4.79 Å². The lowest BCUT2D eigenvalue weighted by atomic mass is 10.0. The maximum Gasteiger partial charge on any atom is 0.231 e. The molecule has 0 unspecified atom stereocenters. The van der Waals surface area contributed by atoms with Gasteiger partial charge in [-0.2, -0.15) is 0 Å². The molecule has 1 N–H and O–H groups in total. The van der Waals surface area contributed by atoms with E-state index in [0.29, 0.717) is 11.8 Å². The molecule has 20 heavy (non-hydrogen) atoms. The van der Waals surface area contributed by atoms with Gasteiger partial charge in [0.25, 0.3) is 0 Å². The fraction of sp³-hybridized carbons (Fsp3) is 0.333. The molecule has 0 aliphatic heterocycles. The molecule has 0 aliphatic carbocycles. The quantitative estimate of drug-likeness (QED) is 0.842. The van der Waals surface area contributed by atoms with Gasteiger partial charge in [0.2, 0.25) is 5.91 Å². The Labute approximate surface area is 128 Å². The van der Waals surface area contributed by atoms with Crippen molar-refractivity contribution in [3.63, 3.8) is 0 Å². The summed E-state index contributed by atoms with van der Waals surface area (Å²) in [5, 5.41) is 5.64. The van der Waals surface area contributed by atoms with Crippen LogP contribution in [0.15, 0.2) is 29.6 Å². The highest BCUT2D eigenvalue weighted by Gasteiger charge is 2.11. The van der Waals surface area contributed by atoms with Crippen LogP contribution in [-0.4, -0.2) is 10.9 Å². The van der Waals surface area contributed by atoms with E-state index in [0.717, 1.165) is 22.0 Å². The Kier molecular flexibility index (Phi) is 5.15. The van der Waals surface area contributed by atoms with Crippen LogP contribution in [0.3, 0.4) is 0 Å². The second-order valence-corrected chi connectivity index (χ2v) is 6.04. The van der Waals surface area contributed by atoms with E-state index in [9.17, 15) is 4.79 Å². The number of amides is 1. The van der Waals surface area contributed by atoms with Crippen LogP contribution in [-0.2, 0) is 17.1 Å². The maximum atomic E-state index is 12.1. The highest BCUT2D eigenvalue weighted by molar-refractivity contribution is 7.09. The Balaban J connectivity index is 2.04. The monoisotopic (exact) mass is 308 g/mol. The summed E-state index contributed by atoms with van der Waals surface area (Å²) in [6.45, 7) is 4.22. The minimum Gasteiger partial charge on any atom is -0.325 e. The number of hydrogen-bond acceptors (Lipinski definition) is 3. The summed E-state index contributed by atoms with van der Waals surface area (Å²) in [4.78, 5) is 16.4. The SMILES string of the molecule is CC(C)c1ccccc1NC(=O)Cc1nc(CCl)cs1. The van der Waals surface area contributed by atoms with Crippen molar-refractivity contribution in [1.29, 1.82) is 0 Å². The minimum absolute atomic E-state index is 0.0476. The fourth-order valence-electron chi connectivity index (χ4n) is 1.94. The number of nitrogens with one attached hydrogen (secondary N) is 1. The number of hydrogen-bond donors (Lipinski definition) is 1. The Morgan fingerprint density at radius 2 is 2.15 bits per heavy atom. The van der Waals surface area contributed by atoms with E-state index in [-0.39, 0.29) is 12.3 Å². The number of benzene rings is 1. The van der Waals surface area contributed by atoms with Gasteiger partial charge in [-0.25, -0.2) is 4.98 Å². The lowest BCUT2D eigenvalue weighted by molar-refractivity contribution is -0.115. The van der Waals surface area contributed by atoms with Gasteiger partial charge in [0, 0.05) is 11.1 Å². The van der Waals surface area contributed by atoms with Gasteiger partial charge < -0.3 is 5.32 Å². The number of nitrogens with zero attached hydrogens (tertiary/aromatic N) is 1. The van der Waals surface area contributed by atoms with Crippen molar-refractivity contribution in [2.45, 2.75) is 32.1 Å². The zero-order chi connectivity index (χ0) is 14.5. The molecule has 2 rings (SSSR count). The summed E-state index contributed by atoms with van der Waals surface area (Å²) in [5.74, 6) is 0.705. The van der Waals surface area contributed by atoms with E-state index in [1.54, 1.807) is 0 Å². The molecular formula is C15H17ClN2OS. The molecule has 106 valence electrons. The average molecular weight is 309 g/mol. The molecule has 0 atom stereocenters. The number of rotatable bonds is 5. The second kappa shape index (κ2) is 6.86. The Morgan fingerprint density at radius 1 is 1.40 bits per heavy atom. The number of halogens is 1. The number of anilines is 1. The minimum atomic E-state index is -0.0476. The molecule has 0 radical (unpaired) electrons. The molecule has 0 spiro atoms. The van der Waals surface area contributed by atoms with Crippen LogP contribution in [0.25, 0.3) is 0 Å². The van der Waals surface area contributed by atoms with Crippen LogP contribution >= 0.6 is 22.9 Å². The zero-order valence-electron chi connectivity index (χ0n) is 11.5. The molecule has 0 saturated heterocycles. The number of carbonyl (C=O) groups excluding carboxylic acids is 1. The van der Waals surface area contributed by atoms with Crippen molar-refractivity contribution in [3.05, 3.63) is 45.9 Å². The third kappa shape index (κ3) is 3.81. The molecule has 0 saturated carbocycles. The molecular weight excluding hydrogens is 292 g/mol. The van der Waals surface area contributed by atoms with Gasteiger partial charge in [-0.1, -0.05) is 32.0 Å². The maximum absolute atomic E-state index is 12.1. The first-order valence-corrected chi connectivity index (χ1v) is 7.89. The van der Waals surface area contributed by atoms with Gasteiger partial charge in [0.15, 0.2) is 0 Å². The lowest BCUT2D eigenvalue weighted by Gasteiger charge is -2.13. The molecule has 1 aromatic heterocycles. The van der Waals surface area contributed by atoms with Crippen molar-refractivity contribution >= 4 is 34.5 Å². The van der Waals surface area contributed by atoms with Crippen LogP contribution in [0.4, 0.5) is 5.69 Å². The first kappa shape index (κ1) is 15.0. The normalized spacial score (nSPS) is 10.8. The van der Waals surface area contributed by atoms with Gasteiger partial charge in [0.05, 0.1) is 18.0 Å². The Bertz CT molecular complexity index is 595. The molecule has 1 amide bonds. The van der Waals surface area contributed by atoms with Gasteiger partial charge in [-0.15, -0.1) is 22.9 Å². The molecule has 5 heteroatoms. The Morgan fingerprint density at radius 3 is 2.80 bits per heavy atom. The summed E-state index contributed by atoms with van der Waals surface area (Å²) in [7, 11) is 0. The van der Waals surface area contributed by atoms with Crippen LogP contribution in [0, 0.1) is 0 Å². The fourth-order valence-corrected chi connectivity index (χ4v) is 2.96. The molecule has 3 nitrogen and oxygen atoms in total. The average Bonchev–Trinajstić information content (AvgIpc) is 2.86. The van der Waals surface area contributed by atoms with Gasteiger partial charge >= 0.3 is 0 Å². The lowest BCUT2D eigenvalue weighted by Crippen LogP contribution is -2.15. The predicted octanol–water partition coefficient (Wildman–Crippen LogP) is 4.19. The molecule has 1 heterocycles. The van der Waals surface area contributed by atoms with Crippen molar-refractivity contribution < 1.29 is 4.79 Å². The summed E-state index contributed by atoms with van der Waals surface area (Å²) in [6, 6.07) is 7.88. The largest absolute Gasteiger partial charge is 0.325 e. The van der Waals surface area contributed by atoms with Crippen molar-refractivity contribution in [2.24, 2.45) is 0 Å². The van der Waals surface area contributed by atoms with Crippen molar-refractivity contribution in [1.82, 2.24) is 4.98 Å². The first-order chi connectivity index (χ1) is 9.60. The van der Waals surface area contributed by atoms with Gasteiger partial charge in [-0.05, 0) is 17.5 Å². The van der Waals surface area contributed by atoms with Crippen LogP contribution in [0.5, 0.6) is 0 Å². The number of aromatic nitrogens is 1. The molecule has 0 fully saturated rings.